The molecule has 2 aromatic rings. The molecule has 1 aromatic heterocycles. The van der Waals surface area contributed by atoms with Gasteiger partial charge in [0.25, 0.3) is 0 Å². The number of fused-ring (bicyclic) bond motifs is 1. The zero-order valence-corrected chi connectivity index (χ0v) is 17.4. The monoisotopic (exact) mass is 406 g/mol. The molecule has 0 saturated carbocycles. The lowest BCUT2D eigenvalue weighted by Crippen LogP contribution is -2.46. The molecule has 9 heteroatoms. The maximum absolute atomic E-state index is 14.7. The number of aromatic nitrogens is 2. The number of nitrogens with one attached hydrogen (secondary N) is 1. The van der Waals surface area contributed by atoms with Gasteiger partial charge in [0, 0.05) is 37.8 Å². The van der Waals surface area contributed by atoms with Crippen LogP contribution >= 0.6 is 0 Å². The average molecular weight is 406 g/mol. The summed E-state index contributed by atoms with van der Waals surface area (Å²) in [6.45, 7) is 6.71. The van der Waals surface area contributed by atoms with Gasteiger partial charge in [-0.1, -0.05) is 0 Å². The van der Waals surface area contributed by atoms with E-state index >= 15 is 0 Å². The molecule has 2 heterocycles. The Hall–Kier alpha value is -2.84. The standard InChI is InChI=1S/C20H27FN4O4/c1-20(2,3)29-19(27)22-12-6-8-25(9-7-12)15-10-14(21)16(18(26)28-5)17-13(15)11-24(4)23-17/h10-12H,6-9H2,1-5H3,(H,22,27). The predicted molar refractivity (Wildman–Crippen MR) is 107 cm³/mol. The number of piperidine rings is 1. The molecule has 0 atom stereocenters. The van der Waals surface area contributed by atoms with Gasteiger partial charge in [-0.25, -0.2) is 14.0 Å². The SMILES string of the molecule is COC(=O)c1c(F)cc(N2CCC(NC(=O)OC(C)(C)C)CC2)c2cn(C)nc12. The number of alkyl carbamates (subject to hydrolysis) is 1. The number of rotatable bonds is 3. The zero-order chi connectivity index (χ0) is 21.3. The summed E-state index contributed by atoms with van der Waals surface area (Å²) in [5.74, 6) is -1.41. The Labute approximate surface area is 168 Å². The number of amides is 1. The van der Waals surface area contributed by atoms with Crippen LogP contribution in [0.2, 0.25) is 0 Å². The first-order valence-electron chi connectivity index (χ1n) is 9.57. The van der Waals surface area contributed by atoms with Crippen molar-refractivity contribution in [2.45, 2.75) is 45.3 Å². The van der Waals surface area contributed by atoms with Crippen LogP contribution in [-0.4, -0.2) is 53.7 Å². The molecule has 1 aliphatic heterocycles. The van der Waals surface area contributed by atoms with Crippen molar-refractivity contribution < 1.29 is 23.5 Å². The van der Waals surface area contributed by atoms with Gasteiger partial charge in [-0.3, -0.25) is 4.68 Å². The molecule has 1 saturated heterocycles. The number of hydrogen-bond acceptors (Lipinski definition) is 6. The van der Waals surface area contributed by atoms with Crippen LogP contribution in [0.1, 0.15) is 44.0 Å². The molecule has 1 aromatic carbocycles. The Kier molecular flexibility index (Phi) is 5.68. The van der Waals surface area contributed by atoms with Crippen LogP contribution in [0, 0.1) is 5.82 Å². The van der Waals surface area contributed by atoms with E-state index in [0.717, 1.165) is 0 Å². The van der Waals surface area contributed by atoms with Crippen molar-refractivity contribution >= 4 is 28.7 Å². The Morgan fingerprint density at radius 3 is 2.52 bits per heavy atom. The maximum atomic E-state index is 14.7. The molecule has 0 bridgehead atoms. The van der Waals surface area contributed by atoms with Crippen LogP contribution in [0.4, 0.5) is 14.9 Å². The summed E-state index contributed by atoms with van der Waals surface area (Å²) in [4.78, 5) is 26.0. The number of aryl methyl sites for hydroxylation is 1. The molecular weight excluding hydrogens is 379 g/mol. The summed E-state index contributed by atoms with van der Waals surface area (Å²) in [6, 6.07) is 1.35. The van der Waals surface area contributed by atoms with E-state index in [1.54, 1.807) is 17.9 Å². The number of nitrogens with zero attached hydrogens (tertiary/aromatic N) is 3. The Morgan fingerprint density at radius 1 is 1.28 bits per heavy atom. The minimum atomic E-state index is -0.752. The van der Waals surface area contributed by atoms with Gasteiger partial charge in [-0.2, -0.15) is 5.10 Å². The van der Waals surface area contributed by atoms with Crippen molar-refractivity contribution in [2.24, 2.45) is 7.05 Å². The number of esters is 1. The number of anilines is 1. The molecule has 1 amide bonds. The number of halogens is 1. The molecule has 1 fully saturated rings. The highest BCUT2D eigenvalue weighted by Crippen LogP contribution is 2.33. The van der Waals surface area contributed by atoms with Crippen LogP contribution in [0.5, 0.6) is 0 Å². The number of carbonyl (C=O) groups excluding carboxylic acids is 2. The highest BCUT2D eigenvalue weighted by Gasteiger charge is 2.28. The van der Waals surface area contributed by atoms with Gasteiger partial charge in [-0.15, -0.1) is 0 Å². The Bertz CT molecular complexity index is 927. The van der Waals surface area contributed by atoms with Gasteiger partial charge in [0.15, 0.2) is 0 Å². The van der Waals surface area contributed by atoms with Gasteiger partial charge in [-0.05, 0) is 39.7 Å². The van der Waals surface area contributed by atoms with Crippen molar-refractivity contribution in [1.29, 1.82) is 0 Å². The van der Waals surface area contributed by atoms with Crippen molar-refractivity contribution in [3.63, 3.8) is 0 Å². The first kappa shape index (κ1) is 20.9. The van der Waals surface area contributed by atoms with Crippen molar-refractivity contribution in [3.05, 3.63) is 23.6 Å². The molecule has 1 N–H and O–H groups in total. The Balaban J connectivity index is 1.78. The lowest BCUT2D eigenvalue weighted by molar-refractivity contribution is 0.0496. The number of hydrogen-bond donors (Lipinski definition) is 1. The van der Waals surface area contributed by atoms with Gasteiger partial charge >= 0.3 is 12.1 Å². The van der Waals surface area contributed by atoms with Crippen LogP contribution < -0.4 is 10.2 Å². The minimum absolute atomic E-state index is 0.00956. The number of carbonyl (C=O) groups is 2. The summed E-state index contributed by atoms with van der Waals surface area (Å²) in [6.07, 6.45) is 2.73. The van der Waals surface area contributed by atoms with Crippen molar-refractivity contribution in [1.82, 2.24) is 15.1 Å². The van der Waals surface area contributed by atoms with E-state index in [1.807, 2.05) is 25.7 Å². The van der Waals surface area contributed by atoms with Gasteiger partial charge in [0.2, 0.25) is 0 Å². The Morgan fingerprint density at radius 2 is 1.93 bits per heavy atom. The molecule has 158 valence electrons. The first-order chi connectivity index (χ1) is 13.6. The lowest BCUT2D eigenvalue weighted by atomic mass is 10.0. The second-order valence-corrected chi connectivity index (χ2v) is 8.22. The third-order valence-corrected chi connectivity index (χ3v) is 4.79. The highest BCUT2D eigenvalue weighted by molar-refractivity contribution is 6.07. The molecule has 1 aliphatic rings. The van der Waals surface area contributed by atoms with Crippen LogP contribution in [0.15, 0.2) is 12.3 Å². The quantitative estimate of drug-likeness (QED) is 0.789. The zero-order valence-electron chi connectivity index (χ0n) is 17.4. The van der Waals surface area contributed by atoms with Gasteiger partial charge < -0.3 is 19.7 Å². The molecule has 0 spiro atoms. The second kappa shape index (κ2) is 7.88. The largest absolute Gasteiger partial charge is 0.465 e. The molecule has 8 nitrogen and oxygen atoms in total. The fraction of sp³-hybridized carbons (Fsp3) is 0.550. The van der Waals surface area contributed by atoms with E-state index in [2.05, 4.69) is 10.4 Å². The predicted octanol–water partition coefficient (Wildman–Crippen LogP) is 2.99. The van der Waals surface area contributed by atoms with E-state index in [0.29, 0.717) is 37.0 Å². The summed E-state index contributed by atoms with van der Waals surface area (Å²) in [5, 5.41) is 7.84. The van der Waals surface area contributed by atoms with E-state index in [1.165, 1.54) is 13.2 Å². The lowest BCUT2D eigenvalue weighted by Gasteiger charge is -2.34. The third kappa shape index (κ3) is 4.60. The minimum Gasteiger partial charge on any atom is -0.465 e. The second-order valence-electron chi connectivity index (χ2n) is 8.22. The van der Waals surface area contributed by atoms with Crippen LogP contribution in [0.25, 0.3) is 10.9 Å². The smallest absolute Gasteiger partial charge is 0.407 e. The fourth-order valence-electron chi connectivity index (χ4n) is 3.54. The number of benzene rings is 1. The fourth-order valence-corrected chi connectivity index (χ4v) is 3.54. The maximum Gasteiger partial charge on any atom is 0.407 e. The topological polar surface area (TPSA) is 85.7 Å². The average Bonchev–Trinajstić information content (AvgIpc) is 3.00. The summed E-state index contributed by atoms with van der Waals surface area (Å²) >= 11 is 0. The normalized spacial score (nSPS) is 15.4. The van der Waals surface area contributed by atoms with E-state index in [4.69, 9.17) is 9.47 Å². The van der Waals surface area contributed by atoms with Crippen LogP contribution in [0.3, 0.4) is 0 Å². The molecule has 0 aliphatic carbocycles. The number of ether oxygens (including phenoxy) is 2. The van der Waals surface area contributed by atoms with E-state index in [9.17, 15) is 14.0 Å². The van der Waals surface area contributed by atoms with Crippen LogP contribution in [-0.2, 0) is 16.5 Å². The van der Waals surface area contributed by atoms with Crippen molar-refractivity contribution in [2.75, 3.05) is 25.1 Å². The van der Waals surface area contributed by atoms with Gasteiger partial charge in [0.05, 0.1) is 12.8 Å². The number of methoxy groups -OCH3 is 1. The van der Waals surface area contributed by atoms with Gasteiger partial charge in [0.1, 0.15) is 22.5 Å². The van der Waals surface area contributed by atoms with E-state index in [-0.39, 0.29) is 17.1 Å². The highest BCUT2D eigenvalue weighted by atomic mass is 19.1. The molecule has 29 heavy (non-hydrogen) atoms. The van der Waals surface area contributed by atoms with Crippen molar-refractivity contribution in [3.8, 4) is 0 Å². The molecule has 0 unspecified atom stereocenters. The summed E-state index contributed by atoms with van der Waals surface area (Å²) in [7, 11) is 2.94. The third-order valence-electron chi connectivity index (χ3n) is 4.79. The first-order valence-corrected chi connectivity index (χ1v) is 9.57. The van der Waals surface area contributed by atoms with E-state index < -0.39 is 23.5 Å². The molecular formula is C20H27FN4O4. The summed E-state index contributed by atoms with van der Waals surface area (Å²) < 4.78 is 26.3. The molecule has 3 rings (SSSR count). The summed E-state index contributed by atoms with van der Waals surface area (Å²) in [5.41, 5.74) is 0.251. The molecule has 0 radical (unpaired) electrons.